The number of benzene rings is 1. The van der Waals surface area contributed by atoms with E-state index in [0.29, 0.717) is 23.7 Å². The largest absolute Gasteiger partial charge is 0.374 e. The summed E-state index contributed by atoms with van der Waals surface area (Å²) in [5.74, 6) is 0. The Bertz CT molecular complexity index is 498. The number of nitrogens with zero attached hydrogens (tertiary/aromatic N) is 2. The molecule has 21 heavy (non-hydrogen) atoms. The molecule has 7 heteroatoms. The highest BCUT2D eigenvalue weighted by molar-refractivity contribution is 6.30. The summed E-state index contributed by atoms with van der Waals surface area (Å²) < 4.78 is 5.69. The minimum absolute atomic E-state index is 0.0895. The van der Waals surface area contributed by atoms with Crippen LogP contribution in [0.2, 0.25) is 5.02 Å². The van der Waals surface area contributed by atoms with Crippen molar-refractivity contribution in [3.8, 4) is 0 Å². The van der Waals surface area contributed by atoms with E-state index in [2.05, 4.69) is 17.1 Å². The molecule has 0 spiro atoms. The van der Waals surface area contributed by atoms with Gasteiger partial charge >= 0.3 is 0 Å². The Balaban J connectivity index is 1.88. The summed E-state index contributed by atoms with van der Waals surface area (Å²) in [6.45, 7) is 6.80. The van der Waals surface area contributed by atoms with Crippen molar-refractivity contribution < 1.29 is 9.66 Å². The monoisotopic (exact) mass is 313 g/mol. The van der Waals surface area contributed by atoms with E-state index < -0.39 is 0 Å². The fourth-order valence-corrected chi connectivity index (χ4v) is 2.63. The van der Waals surface area contributed by atoms with Gasteiger partial charge in [0.25, 0.3) is 5.69 Å². The second-order valence-electron chi connectivity index (χ2n) is 5.05. The molecule has 1 aliphatic rings. The molecule has 1 aliphatic heterocycles. The Morgan fingerprint density at radius 3 is 3.10 bits per heavy atom. The summed E-state index contributed by atoms with van der Waals surface area (Å²) in [4.78, 5) is 12.9. The van der Waals surface area contributed by atoms with Crippen LogP contribution in [0, 0.1) is 10.1 Å². The maximum atomic E-state index is 11.0. The van der Waals surface area contributed by atoms with Gasteiger partial charge in [-0.1, -0.05) is 18.5 Å². The van der Waals surface area contributed by atoms with Crippen molar-refractivity contribution in [2.45, 2.75) is 19.6 Å². The smallest absolute Gasteiger partial charge is 0.273 e. The van der Waals surface area contributed by atoms with E-state index in [1.807, 2.05) is 0 Å². The number of hydrogen-bond donors (Lipinski definition) is 1. The number of likely N-dealkylation sites (N-methyl/N-ethyl adjacent to an activating group) is 1. The fraction of sp³-hybridized carbons (Fsp3) is 0.571. The summed E-state index contributed by atoms with van der Waals surface area (Å²) in [5.41, 5.74) is 0.683. The molecule has 1 heterocycles. The zero-order chi connectivity index (χ0) is 15.2. The minimum atomic E-state index is -0.386. The van der Waals surface area contributed by atoms with Crippen LogP contribution in [0.15, 0.2) is 18.2 Å². The molecule has 1 aromatic carbocycles. The molecular weight excluding hydrogens is 294 g/mol. The van der Waals surface area contributed by atoms with Crippen molar-refractivity contribution in [2.75, 3.05) is 32.8 Å². The predicted molar refractivity (Wildman–Crippen MR) is 81.7 cm³/mol. The van der Waals surface area contributed by atoms with Crippen LogP contribution in [0.4, 0.5) is 5.69 Å². The normalized spacial score (nSPS) is 19.6. The summed E-state index contributed by atoms with van der Waals surface area (Å²) >= 11 is 5.91. The number of morpholine rings is 1. The summed E-state index contributed by atoms with van der Waals surface area (Å²) in [5, 5.41) is 14.7. The van der Waals surface area contributed by atoms with E-state index in [1.54, 1.807) is 6.07 Å². The average Bonchev–Trinajstić information content (AvgIpc) is 2.47. The Morgan fingerprint density at radius 2 is 2.38 bits per heavy atom. The molecule has 6 nitrogen and oxygen atoms in total. The quantitative estimate of drug-likeness (QED) is 0.643. The third-order valence-corrected chi connectivity index (χ3v) is 3.83. The molecule has 0 aromatic heterocycles. The Labute approximate surface area is 129 Å². The van der Waals surface area contributed by atoms with Crippen LogP contribution in [0.5, 0.6) is 0 Å². The standard InChI is InChI=1S/C14H20ClN3O3/c1-2-17-5-6-21-13(10-17)9-16-8-11-7-12(15)3-4-14(11)18(19)20/h3-4,7,13,16H,2,5-6,8-10H2,1H3. The van der Waals surface area contributed by atoms with Gasteiger partial charge < -0.3 is 10.1 Å². The van der Waals surface area contributed by atoms with Crippen LogP contribution in [-0.4, -0.2) is 48.7 Å². The lowest BCUT2D eigenvalue weighted by Crippen LogP contribution is -2.46. The van der Waals surface area contributed by atoms with E-state index >= 15 is 0 Å². The van der Waals surface area contributed by atoms with Gasteiger partial charge in [-0.05, 0) is 18.7 Å². The molecule has 1 saturated heterocycles. The number of ether oxygens (including phenoxy) is 1. The zero-order valence-corrected chi connectivity index (χ0v) is 12.8. The number of halogens is 1. The van der Waals surface area contributed by atoms with Gasteiger partial charge in [0.1, 0.15) is 0 Å². The number of hydrogen-bond acceptors (Lipinski definition) is 5. The van der Waals surface area contributed by atoms with Crippen LogP contribution in [0.3, 0.4) is 0 Å². The Kier molecular flexibility index (Phi) is 5.93. The van der Waals surface area contributed by atoms with Gasteiger partial charge in [0, 0.05) is 42.8 Å². The van der Waals surface area contributed by atoms with Crippen molar-refractivity contribution in [3.63, 3.8) is 0 Å². The third-order valence-electron chi connectivity index (χ3n) is 3.60. The van der Waals surface area contributed by atoms with Crippen LogP contribution >= 0.6 is 11.6 Å². The molecule has 1 N–H and O–H groups in total. The minimum Gasteiger partial charge on any atom is -0.374 e. The Hall–Kier alpha value is -1.21. The van der Waals surface area contributed by atoms with Crippen LogP contribution in [-0.2, 0) is 11.3 Å². The van der Waals surface area contributed by atoms with Gasteiger partial charge in [0.15, 0.2) is 0 Å². The molecule has 1 aromatic rings. The van der Waals surface area contributed by atoms with Gasteiger partial charge in [-0.25, -0.2) is 0 Å². The van der Waals surface area contributed by atoms with E-state index in [0.717, 1.165) is 26.2 Å². The van der Waals surface area contributed by atoms with Crippen molar-refractivity contribution in [2.24, 2.45) is 0 Å². The lowest BCUT2D eigenvalue weighted by molar-refractivity contribution is -0.385. The third kappa shape index (κ3) is 4.64. The number of rotatable bonds is 6. The van der Waals surface area contributed by atoms with Gasteiger partial charge in [-0.3, -0.25) is 15.0 Å². The van der Waals surface area contributed by atoms with Crippen molar-refractivity contribution in [3.05, 3.63) is 38.9 Å². The number of nitro benzene ring substituents is 1. The number of nitro groups is 1. The van der Waals surface area contributed by atoms with Crippen molar-refractivity contribution >= 4 is 17.3 Å². The van der Waals surface area contributed by atoms with E-state index in [-0.39, 0.29) is 16.7 Å². The molecule has 2 rings (SSSR count). The van der Waals surface area contributed by atoms with E-state index in [9.17, 15) is 10.1 Å². The molecule has 1 fully saturated rings. The van der Waals surface area contributed by atoms with Crippen LogP contribution in [0.25, 0.3) is 0 Å². The first-order valence-corrected chi connectivity index (χ1v) is 7.45. The molecule has 0 aliphatic carbocycles. The highest BCUT2D eigenvalue weighted by Crippen LogP contribution is 2.22. The Morgan fingerprint density at radius 1 is 1.57 bits per heavy atom. The van der Waals surface area contributed by atoms with E-state index in [1.165, 1.54) is 12.1 Å². The maximum absolute atomic E-state index is 11.0. The first-order valence-electron chi connectivity index (χ1n) is 7.07. The van der Waals surface area contributed by atoms with Crippen molar-refractivity contribution in [1.82, 2.24) is 10.2 Å². The predicted octanol–water partition coefficient (Wildman–Crippen LogP) is 2.06. The molecule has 1 unspecified atom stereocenters. The van der Waals surface area contributed by atoms with Gasteiger partial charge in [-0.2, -0.15) is 0 Å². The average molecular weight is 314 g/mol. The summed E-state index contributed by atoms with van der Waals surface area (Å²) in [6, 6.07) is 4.61. The second-order valence-corrected chi connectivity index (χ2v) is 5.48. The fourth-order valence-electron chi connectivity index (χ4n) is 2.43. The zero-order valence-electron chi connectivity index (χ0n) is 12.0. The lowest BCUT2D eigenvalue weighted by atomic mass is 10.1. The maximum Gasteiger partial charge on any atom is 0.273 e. The second kappa shape index (κ2) is 7.70. The van der Waals surface area contributed by atoms with Gasteiger partial charge in [0.05, 0.1) is 17.6 Å². The summed E-state index contributed by atoms with van der Waals surface area (Å²) in [6.07, 6.45) is 0.122. The molecule has 0 radical (unpaired) electrons. The highest BCUT2D eigenvalue weighted by atomic mass is 35.5. The molecule has 1 atom stereocenters. The molecule has 0 bridgehead atoms. The molecular formula is C14H20ClN3O3. The van der Waals surface area contributed by atoms with Gasteiger partial charge in [-0.15, -0.1) is 0 Å². The highest BCUT2D eigenvalue weighted by Gasteiger charge is 2.19. The molecule has 0 saturated carbocycles. The molecule has 116 valence electrons. The van der Waals surface area contributed by atoms with E-state index in [4.69, 9.17) is 16.3 Å². The lowest BCUT2D eigenvalue weighted by Gasteiger charge is -2.32. The summed E-state index contributed by atoms with van der Waals surface area (Å²) in [7, 11) is 0. The number of nitrogens with one attached hydrogen (secondary N) is 1. The first kappa shape index (κ1) is 16.2. The molecule has 0 amide bonds. The van der Waals surface area contributed by atoms with Gasteiger partial charge in [0.2, 0.25) is 0 Å². The SMILES string of the molecule is CCN1CCOC(CNCc2cc(Cl)ccc2[N+](=O)[O-])C1. The van der Waals surface area contributed by atoms with Crippen LogP contribution < -0.4 is 5.32 Å². The topological polar surface area (TPSA) is 67.6 Å². The van der Waals surface area contributed by atoms with Crippen LogP contribution in [0.1, 0.15) is 12.5 Å². The first-order chi connectivity index (χ1) is 10.1. The van der Waals surface area contributed by atoms with Crippen molar-refractivity contribution in [1.29, 1.82) is 0 Å².